The van der Waals surface area contributed by atoms with Crippen molar-refractivity contribution in [3.8, 4) is 78.9 Å². The standard InChI is InChI=1S/C57H36N4S/c1-4-17-38(18-5-1)49-35-42(36-50(58-49)39-19-6-2-7-20-39)37-31-33-41(34-32-37)55-59-54(40-21-8-3-9-22-40)60-56(61-55)44-24-16-28-48-53(44)43-23-10-11-25-45(43)57(48)46-26-12-14-29-51(46)62-52-30-15-13-27-47(52)57/h1-36H. The molecule has 0 unspecified atom stereocenters. The highest BCUT2D eigenvalue weighted by Gasteiger charge is 2.50. The fourth-order valence-corrected chi connectivity index (χ4v) is 10.6. The van der Waals surface area contributed by atoms with E-state index in [0.717, 1.165) is 55.9 Å². The second-order valence-corrected chi connectivity index (χ2v) is 16.8. The van der Waals surface area contributed by atoms with Gasteiger partial charge in [0.1, 0.15) is 0 Å². The number of aromatic nitrogens is 4. The van der Waals surface area contributed by atoms with Crippen LogP contribution in [0.5, 0.6) is 0 Å². The maximum Gasteiger partial charge on any atom is 0.164 e. The SMILES string of the molecule is c1ccc(-c2cc(-c3ccc(-c4nc(-c5ccccc5)nc(-c5cccc6c5-c5ccccc5C65c6ccccc6Sc6ccccc65)n4)cc3)cc(-c3ccccc3)n2)cc1. The van der Waals surface area contributed by atoms with Crippen molar-refractivity contribution in [3.63, 3.8) is 0 Å². The summed E-state index contributed by atoms with van der Waals surface area (Å²) in [4.78, 5) is 23.4. The molecule has 10 aromatic rings. The van der Waals surface area contributed by atoms with Gasteiger partial charge in [0.15, 0.2) is 17.5 Å². The first-order valence-electron chi connectivity index (χ1n) is 20.9. The van der Waals surface area contributed by atoms with E-state index in [0.29, 0.717) is 17.5 Å². The van der Waals surface area contributed by atoms with Crippen LogP contribution in [0.2, 0.25) is 0 Å². The fourth-order valence-electron chi connectivity index (χ4n) is 9.45. The first-order chi connectivity index (χ1) is 30.7. The first kappa shape index (κ1) is 36.1. The van der Waals surface area contributed by atoms with Crippen molar-refractivity contribution in [1.29, 1.82) is 0 Å². The summed E-state index contributed by atoms with van der Waals surface area (Å²) in [5, 5.41) is 0. The normalized spacial score (nSPS) is 12.9. The number of nitrogens with zero attached hydrogens (tertiary/aromatic N) is 4. The third-order valence-electron chi connectivity index (χ3n) is 12.2. The molecule has 62 heavy (non-hydrogen) atoms. The van der Waals surface area contributed by atoms with Crippen molar-refractivity contribution < 1.29 is 0 Å². The molecule has 4 nitrogen and oxygen atoms in total. The van der Waals surface area contributed by atoms with E-state index in [1.807, 2.05) is 42.1 Å². The largest absolute Gasteiger partial charge is 0.248 e. The molecule has 8 aromatic carbocycles. The van der Waals surface area contributed by atoms with Crippen molar-refractivity contribution in [2.75, 3.05) is 0 Å². The van der Waals surface area contributed by atoms with Crippen LogP contribution in [0.3, 0.4) is 0 Å². The summed E-state index contributed by atoms with van der Waals surface area (Å²) < 4.78 is 0. The van der Waals surface area contributed by atoms with Crippen LogP contribution in [-0.4, -0.2) is 19.9 Å². The molecular weight excluding hydrogens is 773 g/mol. The molecule has 2 aromatic heterocycles. The Morgan fingerprint density at radius 1 is 0.290 bits per heavy atom. The lowest BCUT2D eigenvalue weighted by Gasteiger charge is -2.39. The van der Waals surface area contributed by atoms with Gasteiger partial charge >= 0.3 is 0 Å². The lowest BCUT2D eigenvalue weighted by molar-refractivity contribution is 0.722. The Hall–Kier alpha value is -7.73. The highest BCUT2D eigenvalue weighted by atomic mass is 32.2. The van der Waals surface area contributed by atoms with E-state index in [2.05, 4.69) is 188 Å². The topological polar surface area (TPSA) is 51.6 Å². The fraction of sp³-hybridized carbons (Fsp3) is 0.0175. The van der Waals surface area contributed by atoms with E-state index < -0.39 is 5.41 Å². The van der Waals surface area contributed by atoms with Crippen molar-refractivity contribution in [1.82, 2.24) is 19.9 Å². The second kappa shape index (κ2) is 14.8. The molecule has 0 saturated carbocycles. The van der Waals surface area contributed by atoms with Crippen molar-refractivity contribution in [2.45, 2.75) is 15.2 Å². The zero-order valence-electron chi connectivity index (χ0n) is 33.5. The molecule has 0 radical (unpaired) electrons. The summed E-state index contributed by atoms with van der Waals surface area (Å²) in [6.07, 6.45) is 0. The molecule has 3 heterocycles. The van der Waals surface area contributed by atoms with Gasteiger partial charge in [0, 0.05) is 37.6 Å². The van der Waals surface area contributed by atoms with E-state index in [1.54, 1.807) is 0 Å². The summed E-state index contributed by atoms with van der Waals surface area (Å²) in [7, 11) is 0. The smallest absolute Gasteiger partial charge is 0.164 e. The van der Waals surface area contributed by atoms with Crippen LogP contribution in [0.15, 0.2) is 228 Å². The van der Waals surface area contributed by atoms with E-state index >= 15 is 0 Å². The molecule has 0 bridgehead atoms. The van der Waals surface area contributed by atoms with Gasteiger partial charge in [-0.15, -0.1) is 0 Å². The number of rotatable bonds is 6. The van der Waals surface area contributed by atoms with Gasteiger partial charge in [-0.25, -0.2) is 19.9 Å². The summed E-state index contributed by atoms with van der Waals surface area (Å²) >= 11 is 1.85. The molecular formula is C57H36N4S. The zero-order chi connectivity index (χ0) is 41.0. The second-order valence-electron chi connectivity index (χ2n) is 15.7. The maximum absolute atomic E-state index is 5.35. The molecule has 1 aliphatic carbocycles. The minimum absolute atomic E-state index is 0.498. The Morgan fingerprint density at radius 2 is 0.726 bits per heavy atom. The lowest BCUT2D eigenvalue weighted by atomic mass is 9.67. The Bertz CT molecular complexity index is 3210. The van der Waals surface area contributed by atoms with Crippen molar-refractivity contribution >= 4 is 11.8 Å². The van der Waals surface area contributed by atoms with Crippen LogP contribution in [0, 0.1) is 0 Å². The Morgan fingerprint density at radius 3 is 1.32 bits per heavy atom. The van der Waals surface area contributed by atoms with Gasteiger partial charge in [0.25, 0.3) is 0 Å². The molecule has 1 spiro atoms. The van der Waals surface area contributed by atoms with E-state index in [9.17, 15) is 0 Å². The molecule has 0 saturated heterocycles. The van der Waals surface area contributed by atoms with Crippen molar-refractivity contribution in [2.24, 2.45) is 0 Å². The third kappa shape index (κ3) is 5.85. The third-order valence-corrected chi connectivity index (χ3v) is 13.4. The summed E-state index contributed by atoms with van der Waals surface area (Å²) in [6.45, 7) is 0. The molecule has 0 atom stereocenters. The lowest BCUT2D eigenvalue weighted by Crippen LogP contribution is -2.31. The first-order valence-corrected chi connectivity index (χ1v) is 21.7. The van der Waals surface area contributed by atoms with Gasteiger partial charge in [-0.3, -0.25) is 0 Å². The van der Waals surface area contributed by atoms with Crippen LogP contribution in [0.4, 0.5) is 0 Å². The van der Waals surface area contributed by atoms with Gasteiger partial charge in [-0.2, -0.15) is 0 Å². The Kier molecular flexibility index (Phi) is 8.61. The predicted octanol–water partition coefficient (Wildman–Crippen LogP) is 14.1. The number of pyridine rings is 1. The maximum atomic E-state index is 5.35. The minimum Gasteiger partial charge on any atom is -0.248 e. The summed E-state index contributed by atoms with van der Waals surface area (Å²) in [5.41, 5.74) is 16.0. The quantitative estimate of drug-likeness (QED) is 0.167. The highest BCUT2D eigenvalue weighted by Crippen LogP contribution is 2.63. The van der Waals surface area contributed by atoms with Gasteiger partial charge in [-0.1, -0.05) is 206 Å². The number of fused-ring (bicyclic) bond motifs is 9. The monoisotopic (exact) mass is 808 g/mol. The summed E-state index contributed by atoms with van der Waals surface area (Å²) in [6, 6.07) is 77.3. The van der Waals surface area contributed by atoms with Crippen LogP contribution in [0.1, 0.15) is 22.3 Å². The minimum atomic E-state index is -0.498. The molecule has 12 rings (SSSR count). The zero-order valence-corrected chi connectivity index (χ0v) is 34.3. The van der Waals surface area contributed by atoms with E-state index in [4.69, 9.17) is 19.9 Å². The van der Waals surface area contributed by atoms with Crippen LogP contribution in [0.25, 0.3) is 78.9 Å². The van der Waals surface area contributed by atoms with E-state index in [1.165, 1.54) is 37.6 Å². The van der Waals surface area contributed by atoms with Gasteiger partial charge in [0.05, 0.1) is 16.8 Å². The molecule has 290 valence electrons. The highest BCUT2D eigenvalue weighted by molar-refractivity contribution is 7.99. The Balaban J connectivity index is 1.02. The summed E-state index contributed by atoms with van der Waals surface area (Å²) in [5.74, 6) is 1.89. The average Bonchev–Trinajstić information content (AvgIpc) is 3.65. The molecule has 0 fully saturated rings. The molecule has 1 aliphatic heterocycles. The van der Waals surface area contributed by atoms with Gasteiger partial charge < -0.3 is 0 Å². The molecule has 0 amide bonds. The van der Waals surface area contributed by atoms with Gasteiger partial charge in [-0.05, 0) is 68.8 Å². The number of hydrogen-bond donors (Lipinski definition) is 0. The van der Waals surface area contributed by atoms with Crippen LogP contribution < -0.4 is 0 Å². The van der Waals surface area contributed by atoms with Gasteiger partial charge in [0.2, 0.25) is 0 Å². The average molecular weight is 809 g/mol. The van der Waals surface area contributed by atoms with E-state index in [-0.39, 0.29) is 0 Å². The molecule has 2 aliphatic rings. The van der Waals surface area contributed by atoms with Crippen LogP contribution >= 0.6 is 11.8 Å². The van der Waals surface area contributed by atoms with Crippen LogP contribution in [-0.2, 0) is 5.41 Å². The molecule has 0 N–H and O–H groups in total. The predicted molar refractivity (Wildman–Crippen MR) is 252 cm³/mol. The molecule has 5 heteroatoms. The Labute approximate surface area is 364 Å². The van der Waals surface area contributed by atoms with Crippen molar-refractivity contribution in [3.05, 3.63) is 241 Å². The number of hydrogen-bond acceptors (Lipinski definition) is 5. The number of benzene rings is 8.